The van der Waals surface area contributed by atoms with Gasteiger partial charge in [-0.05, 0) is 35.7 Å². The molecule has 1 aliphatic heterocycles. The molecule has 10 heteroatoms. The molecule has 37 heavy (non-hydrogen) atoms. The molecule has 8 nitrogen and oxygen atoms in total. The van der Waals surface area contributed by atoms with Crippen LogP contribution in [0.1, 0.15) is 34.4 Å². The highest BCUT2D eigenvalue weighted by atomic mass is 32.2. The van der Waals surface area contributed by atoms with Crippen molar-refractivity contribution in [2.45, 2.75) is 37.2 Å². The molecule has 1 aliphatic rings. The van der Waals surface area contributed by atoms with Gasteiger partial charge in [-0.2, -0.15) is 5.26 Å². The van der Waals surface area contributed by atoms with Crippen LogP contribution < -0.4 is 10.6 Å². The Balaban J connectivity index is 1.33. The van der Waals surface area contributed by atoms with Gasteiger partial charge >= 0.3 is 5.97 Å². The van der Waals surface area contributed by atoms with Crippen LogP contribution in [0.3, 0.4) is 0 Å². The van der Waals surface area contributed by atoms with Crippen molar-refractivity contribution in [1.29, 1.82) is 5.26 Å². The highest BCUT2D eigenvalue weighted by Crippen LogP contribution is 2.37. The maximum absolute atomic E-state index is 12.7. The Morgan fingerprint density at radius 1 is 1.05 bits per heavy atom. The summed E-state index contributed by atoms with van der Waals surface area (Å²) in [4.78, 5) is 39.5. The van der Waals surface area contributed by atoms with Crippen LogP contribution in [-0.2, 0) is 33.9 Å². The van der Waals surface area contributed by atoms with Gasteiger partial charge in [-0.25, -0.2) is 0 Å². The van der Waals surface area contributed by atoms with E-state index in [2.05, 4.69) is 33.7 Å². The van der Waals surface area contributed by atoms with Crippen molar-refractivity contribution in [3.8, 4) is 6.07 Å². The van der Waals surface area contributed by atoms with E-state index in [1.54, 1.807) is 18.2 Å². The molecular formula is C27H26N4O4S2. The molecule has 1 aromatic heterocycles. The SMILES string of the molecule is N#Cc1c(NC(=O)CSc2cccc(NC(=O)CCC(=O)O)c2)sc2c1CCN(Cc1ccccc1)C2. The summed E-state index contributed by atoms with van der Waals surface area (Å²) in [6.45, 7) is 2.45. The Hall–Kier alpha value is -3.65. The Labute approximate surface area is 223 Å². The standard InChI is InChI=1S/C27H26N4O4S2/c28-14-22-21-11-12-31(15-18-5-2-1-3-6-18)16-23(21)37-27(22)30-25(33)17-36-20-8-4-7-19(13-20)29-24(32)9-10-26(34)35/h1-8,13H,9-12,15-17H2,(H,29,32)(H,30,33)(H,34,35). The average molecular weight is 535 g/mol. The second-order valence-corrected chi connectivity index (χ2v) is 10.7. The molecule has 0 saturated carbocycles. The molecule has 2 amide bonds. The summed E-state index contributed by atoms with van der Waals surface area (Å²) in [7, 11) is 0. The first-order chi connectivity index (χ1) is 17.9. The molecule has 0 unspecified atom stereocenters. The summed E-state index contributed by atoms with van der Waals surface area (Å²) in [6, 6.07) is 19.6. The lowest BCUT2D eigenvalue weighted by Gasteiger charge is -2.26. The number of carboxylic acids is 1. The highest BCUT2D eigenvalue weighted by molar-refractivity contribution is 8.00. The molecule has 0 fully saturated rings. The van der Waals surface area contributed by atoms with E-state index in [1.165, 1.54) is 28.7 Å². The Bertz CT molecular complexity index is 1330. The van der Waals surface area contributed by atoms with Crippen molar-refractivity contribution < 1.29 is 19.5 Å². The number of nitrogens with zero attached hydrogens (tertiary/aromatic N) is 2. The molecule has 0 spiro atoms. The van der Waals surface area contributed by atoms with Crippen LogP contribution in [-0.4, -0.2) is 40.1 Å². The van der Waals surface area contributed by atoms with Gasteiger partial charge in [0.15, 0.2) is 0 Å². The van der Waals surface area contributed by atoms with Crippen LogP contribution in [0.15, 0.2) is 59.5 Å². The third kappa shape index (κ3) is 7.43. The summed E-state index contributed by atoms with van der Waals surface area (Å²) in [5.74, 6) is -1.47. The lowest BCUT2D eigenvalue weighted by atomic mass is 10.0. The largest absolute Gasteiger partial charge is 0.481 e. The number of amides is 2. The van der Waals surface area contributed by atoms with Gasteiger partial charge in [0.2, 0.25) is 11.8 Å². The highest BCUT2D eigenvalue weighted by Gasteiger charge is 2.25. The fourth-order valence-electron chi connectivity index (χ4n) is 4.06. The number of hydrogen-bond donors (Lipinski definition) is 3. The predicted molar refractivity (Wildman–Crippen MR) is 145 cm³/mol. The zero-order valence-corrected chi connectivity index (χ0v) is 21.7. The number of benzene rings is 2. The summed E-state index contributed by atoms with van der Waals surface area (Å²) >= 11 is 2.79. The summed E-state index contributed by atoms with van der Waals surface area (Å²) in [5.41, 5.74) is 3.38. The molecule has 3 aromatic rings. The van der Waals surface area contributed by atoms with Gasteiger partial charge in [-0.3, -0.25) is 19.3 Å². The van der Waals surface area contributed by atoms with Gasteiger partial charge in [0.05, 0.1) is 17.7 Å². The molecule has 0 radical (unpaired) electrons. The zero-order valence-electron chi connectivity index (χ0n) is 20.0. The van der Waals surface area contributed by atoms with Gasteiger partial charge in [0.25, 0.3) is 0 Å². The van der Waals surface area contributed by atoms with Crippen LogP contribution in [0.5, 0.6) is 0 Å². The van der Waals surface area contributed by atoms with Gasteiger partial charge in [-0.15, -0.1) is 23.1 Å². The van der Waals surface area contributed by atoms with Crippen LogP contribution in [0, 0.1) is 11.3 Å². The maximum atomic E-state index is 12.7. The van der Waals surface area contributed by atoms with Crippen molar-refractivity contribution in [2.75, 3.05) is 22.9 Å². The van der Waals surface area contributed by atoms with E-state index >= 15 is 0 Å². The normalized spacial score (nSPS) is 12.8. The van der Waals surface area contributed by atoms with Crippen molar-refractivity contribution in [3.05, 3.63) is 76.2 Å². The number of aliphatic carboxylic acids is 1. The van der Waals surface area contributed by atoms with E-state index < -0.39 is 5.97 Å². The quantitative estimate of drug-likeness (QED) is 0.322. The second kappa shape index (κ2) is 12.5. The fraction of sp³-hybridized carbons (Fsp3) is 0.259. The lowest BCUT2D eigenvalue weighted by Crippen LogP contribution is -2.29. The van der Waals surface area contributed by atoms with E-state index in [1.807, 2.05) is 24.3 Å². The number of rotatable bonds is 10. The minimum absolute atomic E-state index is 0.106. The number of carbonyl (C=O) groups is 3. The molecule has 190 valence electrons. The fourth-order valence-corrected chi connectivity index (χ4v) is 6.07. The first kappa shape index (κ1) is 26.4. The number of carboxylic acid groups (broad SMARTS) is 1. The molecule has 0 saturated heterocycles. The summed E-state index contributed by atoms with van der Waals surface area (Å²) in [6.07, 6.45) is 0.435. The van der Waals surface area contributed by atoms with Crippen LogP contribution in [0.4, 0.5) is 10.7 Å². The third-order valence-corrected chi connectivity index (χ3v) is 7.93. The van der Waals surface area contributed by atoms with Crippen LogP contribution >= 0.6 is 23.1 Å². The third-order valence-electron chi connectivity index (χ3n) is 5.80. The first-order valence-electron chi connectivity index (χ1n) is 11.8. The summed E-state index contributed by atoms with van der Waals surface area (Å²) in [5, 5.41) is 24.7. The first-order valence-corrected chi connectivity index (χ1v) is 13.6. The van der Waals surface area contributed by atoms with Crippen molar-refractivity contribution in [3.63, 3.8) is 0 Å². The van der Waals surface area contributed by atoms with Gasteiger partial charge in [-0.1, -0.05) is 36.4 Å². The molecule has 3 N–H and O–H groups in total. The molecular weight excluding hydrogens is 508 g/mol. The number of thiophene rings is 1. The number of thioether (sulfide) groups is 1. The minimum Gasteiger partial charge on any atom is -0.481 e. The van der Waals surface area contributed by atoms with Crippen molar-refractivity contribution in [1.82, 2.24) is 4.90 Å². The van der Waals surface area contributed by atoms with Crippen molar-refractivity contribution in [2.24, 2.45) is 0 Å². The average Bonchev–Trinajstić information content (AvgIpc) is 3.23. The Kier molecular flexibility index (Phi) is 8.95. The second-order valence-electron chi connectivity index (χ2n) is 8.57. The molecule has 0 bridgehead atoms. The van der Waals surface area contributed by atoms with E-state index in [4.69, 9.17) is 5.11 Å². The number of nitriles is 1. The smallest absolute Gasteiger partial charge is 0.303 e. The number of anilines is 2. The zero-order chi connectivity index (χ0) is 26.2. The Morgan fingerprint density at radius 3 is 2.62 bits per heavy atom. The molecule has 2 heterocycles. The monoisotopic (exact) mass is 534 g/mol. The van der Waals surface area contributed by atoms with Gasteiger partial charge in [0, 0.05) is 41.5 Å². The number of carbonyl (C=O) groups excluding carboxylic acids is 2. The molecule has 0 atom stereocenters. The van der Waals surface area contributed by atoms with E-state index in [-0.39, 0.29) is 30.4 Å². The van der Waals surface area contributed by atoms with Gasteiger partial charge < -0.3 is 15.7 Å². The number of fused-ring (bicyclic) bond motifs is 1. The van der Waals surface area contributed by atoms with Gasteiger partial charge in [0.1, 0.15) is 11.1 Å². The van der Waals surface area contributed by atoms with E-state index in [0.29, 0.717) is 16.3 Å². The van der Waals surface area contributed by atoms with Crippen LogP contribution in [0.25, 0.3) is 0 Å². The maximum Gasteiger partial charge on any atom is 0.303 e. The molecule has 0 aliphatic carbocycles. The Morgan fingerprint density at radius 2 is 1.86 bits per heavy atom. The molecule has 2 aromatic carbocycles. The molecule has 4 rings (SSSR count). The minimum atomic E-state index is -1.03. The lowest BCUT2D eigenvalue weighted by molar-refractivity contribution is -0.138. The number of nitrogens with one attached hydrogen (secondary N) is 2. The van der Waals surface area contributed by atoms with Crippen LogP contribution in [0.2, 0.25) is 0 Å². The summed E-state index contributed by atoms with van der Waals surface area (Å²) < 4.78 is 0. The topological polar surface area (TPSA) is 123 Å². The van der Waals surface area contributed by atoms with Crippen molar-refractivity contribution >= 4 is 51.6 Å². The van der Waals surface area contributed by atoms with E-state index in [0.717, 1.165) is 41.4 Å². The predicted octanol–water partition coefficient (Wildman–Crippen LogP) is 4.71. The number of hydrogen-bond acceptors (Lipinski definition) is 7. The van der Waals surface area contributed by atoms with E-state index in [9.17, 15) is 19.6 Å².